The Morgan fingerprint density at radius 3 is 0.873 bits per heavy atom. The minimum Gasteiger partial charge on any atom is -0.462 e. The van der Waals surface area contributed by atoms with Crippen molar-refractivity contribution in [2.75, 3.05) is 13.2 Å². The van der Waals surface area contributed by atoms with E-state index in [0.717, 1.165) is 96.3 Å². The highest BCUT2D eigenvalue weighted by atomic mass is 16.6. The molecule has 1 atom stereocenters. The third-order valence-electron chi connectivity index (χ3n) is 13.4. The summed E-state index contributed by atoms with van der Waals surface area (Å²) in [5, 5.41) is 0. The van der Waals surface area contributed by atoms with Gasteiger partial charge in [0.1, 0.15) is 13.2 Å². The van der Waals surface area contributed by atoms with Gasteiger partial charge in [-0.3, -0.25) is 14.4 Å². The first kappa shape index (κ1) is 68.1. The molecule has 0 N–H and O–H groups in total. The molecule has 0 fully saturated rings. The lowest BCUT2D eigenvalue weighted by atomic mass is 10.0. The SMILES string of the molecule is CCC/C=C\C/C=C\CCCCCCCC(=O)OCC(COC(=O)CCCCCCCCCCCCC/C=C\CCCCCCCCCC)OC(=O)CCCCCCCCC/C=C\C/C=C\CCCCC. The van der Waals surface area contributed by atoms with Crippen LogP contribution in [-0.4, -0.2) is 37.2 Å². The molecule has 0 spiro atoms. The Balaban J connectivity index is 4.31. The van der Waals surface area contributed by atoms with E-state index in [0.29, 0.717) is 19.3 Å². The number of ether oxygens (including phenoxy) is 3. The Hall–Kier alpha value is -2.89. The number of rotatable bonds is 56. The number of esters is 3. The molecule has 71 heavy (non-hydrogen) atoms. The standard InChI is InChI=1S/C65H116O6/c1-4-7-10-13-16-19-22-25-27-29-30-31-32-33-34-36-37-40-43-46-49-52-55-58-64(67)70-61-62(60-69-63(66)57-54-51-48-45-42-39-24-21-18-15-12-9-6-3)71-65(68)59-56-53-50-47-44-41-38-35-28-26-23-20-17-14-11-8-5-2/h12,15,17,20-21,24,26,28-30,62H,4-11,13-14,16,18-19,22-23,25,27,31-61H2,1-3H3/b15-12-,20-17-,24-21-,28-26-,30-29-. The van der Waals surface area contributed by atoms with Crippen LogP contribution >= 0.6 is 0 Å². The zero-order chi connectivity index (χ0) is 51.4. The number of hydrogen-bond donors (Lipinski definition) is 0. The zero-order valence-electron chi connectivity index (χ0n) is 47.2. The van der Waals surface area contributed by atoms with Crippen LogP contribution in [0.1, 0.15) is 316 Å². The highest BCUT2D eigenvalue weighted by Gasteiger charge is 2.19. The molecule has 0 aromatic heterocycles. The van der Waals surface area contributed by atoms with Gasteiger partial charge < -0.3 is 14.2 Å². The predicted octanol–water partition coefficient (Wildman–Crippen LogP) is 20.8. The number of carbonyl (C=O) groups is 3. The molecule has 0 aliphatic rings. The van der Waals surface area contributed by atoms with Gasteiger partial charge in [-0.25, -0.2) is 0 Å². The van der Waals surface area contributed by atoms with E-state index in [4.69, 9.17) is 14.2 Å². The monoisotopic (exact) mass is 993 g/mol. The third kappa shape index (κ3) is 57.9. The summed E-state index contributed by atoms with van der Waals surface area (Å²) in [7, 11) is 0. The fraction of sp³-hybridized carbons (Fsp3) is 0.800. The summed E-state index contributed by atoms with van der Waals surface area (Å²) in [6.45, 7) is 6.56. The Kier molecular flexibility index (Phi) is 57.2. The van der Waals surface area contributed by atoms with E-state index in [2.05, 4.69) is 81.5 Å². The van der Waals surface area contributed by atoms with Crippen molar-refractivity contribution < 1.29 is 28.6 Å². The normalized spacial score (nSPS) is 12.4. The van der Waals surface area contributed by atoms with Gasteiger partial charge in [0.25, 0.3) is 0 Å². The second kappa shape index (κ2) is 59.7. The highest BCUT2D eigenvalue weighted by molar-refractivity contribution is 5.71. The van der Waals surface area contributed by atoms with Crippen LogP contribution in [0.3, 0.4) is 0 Å². The van der Waals surface area contributed by atoms with Gasteiger partial charge in [0.05, 0.1) is 0 Å². The van der Waals surface area contributed by atoms with Gasteiger partial charge in [-0.2, -0.15) is 0 Å². The predicted molar refractivity (Wildman–Crippen MR) is 307 cm³/mol. The van der Waals surface area contributed by atoms with E-state index in [1.54, 1.807) is 0 Å². The summed E-state index contributed by atoms with van der Waals surface area (Å²) in [4.78, 5) is 38.2. The second-order valence-electron chi connectivity index (χ2n) is 20.6. The fourth-order valence-corrected chi connectivity index (χ4v) is 8.80. The summed E-state index contributed by atoms with van der Waals surface area (Å²) in [6.07, 6.45) is 75.1. The Labute approximate surface area is 440 Å². The first-order valence-electron chi connectivity index (χ1n) is 30.8. The molecule has 0 rings (SSSR count). The minimum absolute atomic E-state index is 0.0810. The van der Waals surface area contributed by atoms with Crippen LogP contribution in [0, 0.1) is 0 Å². The summed E-state index contributed by atoms with van der Waals surface area (Å²) in [5.74, 6) is -0.891. The van der Waals surface area contributed by atoms with E-state index in [9.17, 15) is 14.4 Å². The Morgan fingerprint density at radius 1 is 0.282 bits per heavy atom. The largest absolute Gasteiger partial charge is 0.462 e. The average Bonchev–Trinajstić information content (AvgIpc) is 3.37. The molecule has 0 heterocycles. The van der Waals surface area contributed by atoms with Crippen LogP contribution in [0.15, 0.2) is 60.8 Å². The molecule has 412 valence electrons. The van der Waals surface area contributed by atoms with Gasteiger partial charge in [-0.15, -0.1) is 0 Å². The van der Waals surface area contributed by atoms with E-state index >= 15 is 0 Å². The molecule has 0 bridgehead atoms. The van der Waals surface area contributed by atoms with Crippen LogP contribution < -0.4 is 0 Å². The topological polar surface area (TPSA) is 78.9 Å². The quantitative estimate of drug-likeness (QED) is 0.0261. The van der Waals surface area contributed by atoms with Gasteiger partial charge >= 0.3 is 17.9 Å². The van der Waals surface area contributed by atoms with Crippen molar-refractivity contribution in [2.45, 2.75) is 322 Å². The van der Waals surface area contributed by atoms with Crippen LogP contribution in [0.4, 0.5) is 0 Å². The smallest absolute Gasteiger partial charge is 0.306 e. The van der Waals surface area contributed by atoms with Crippen molar-refractivity contribution >= 4 is 17.9 Å². The third-order valence-corrected chi connectivity index (χ3v) is 13.4. The number of carbonyl (C=O) groups excluding carboxylic acids is 3. The van der Waals surface area contributed by atoms with Gasteiger partial charge in [0.2, 0.25) is 0 Å². The molecule has 0 aliphatic heterocycles. The van der Waals surface area contributed by atoms with Crippen molar-refractivity contribution in [1.29, 1.82) is 0 Å². The Bertz CT molecular complexity index is 1280. The van der Waals surface area contributed by atoms with Crippen molar-refractivity contribution in [1.82, 2.24) is 0 Å². The van der Waals surface area contributed by atoms with Gasteiger partial charge in [-0.05, 0) is 103 Å². The molecule has 0 saturated heterocycles. The van der Waals surface area contributed by atoms with E-state index in [1.807, 2.05) is 0 Å². The molecule has 1 unspecified atom stereocenters. The second-order valence-corrected chi connectivity index (χ2v) is 20.6. The van der Waals surface area contributed by atoms with Crippen molar-refractivity contribution in [3.8, 4) is 0 Å². The van der Waals surface area contributed by atoms with Crippen molar-refractivity contribution in [2.24, 2.45) is 0 Å². The highest BCUT2D eigenvalue weighted by Crippen LogP contribution is 2.16. The van der Waals surface area contributed by atoms with E-state index in [1.165, 1.54) is 180 Å². The number of unbranched alkanes of at least 4 members (excludes halogenated alkanes) is 35. The maximum atomic E-state index is 12.9. The van der Waals surface area contributed by atoms with Gasteiger partial charge in [-0.1, -0.05) is 255 Å². The van der Waals surface area contributed by atoms with Crippen LogP contribution in [0.5, 0.6) is 0 Å². The average molecular weight is 994 g/mol. The first-order chi connectivity index (χ1) is 35.0. The molecule has 0 aliphatic carbocycles. The summed E-state index contributed by atoms with van der Waals surface area (Å²) in [6, 6.07) is 0. The van der Waals surface area contributed by atoms with Crippen molar-refractivity contribution in [3.63, 3.8) is 0 Å². The van der Waals surface area contributed by atoms with Gasteiger partial charge in [0, 0.05) is 19.3 Å². The zero-order valence-corrected chi connectivity index (χ0v) is 47.2. The molecule has 0 aromatic rings. The molecule has 0 aromatic carbocycles. The summed E-state index contributed by atoms with van der Waals surface area (Å²) >= 11 is 0. The number of hydrogen-bond acceptors (Lipinski definition) is 6. The van der Waals surface area contributed by atoms with E-state index < -0.39 is 6.10 Å². The van der Waals surface area contributed by atoms with Crippen LogP contribution in [-0.2, 0) is 28.6 Å². The molecule has 6 heteroatoms. The van der Waals surface area contributed by atoms with Crippen LogP contribution in [0.25, 0.3) is 0 Å². The summed E-state index contributed by atoms with van der Waals surface area (Å²) < 4.78 is 16.9. The molecular weight excluding hydrogens is 877 g/mol. The van der Waals surface area contributed by atoms with Crippen molar-refractivity contribution in [3.05, 3.63) is 60.8 Å². The first-order valence-corrected chi connectivity index (χ1v) is 30.8. The summed E-state index contributed by atoms with van der Waals surface area (Å²) in [5.41, 5.74) is 0. The molecular formula is C65H116O6. The molecule has 6 nitrogen and oxygen atoms in total. The minimum atomic E-state index is -0.785. The lowest BCUT2D eigenvalue weighted by molar-refractivity contribution is -0.167. The fourth-order valence-electron chi connectivity index (χ4n) is 8.80. The van der Waals surface area contributed by atoms with Crippen LogP contribution in [0.2, 0.25) is 0 Å². The van der Waals surface area contributed by atoms with E-state index in [-0.39, 0.29) is 31.1 Å². The molecule has 0 radical (unpaired) electrons. The van der Waals surface area contributed by atoms with Gasteiger partial charge in [0.15, 0.2) is 6.10 Å². The maximum absolute atomic E-state index is 12.9. The molecule has 0 saturated carbocycles. The maximum Gasteiger partial charge on any atom is 0.306 e. The lowest BCUT2D eigenvalue weighted by Gasteiger charge is -2.18. The Morgan fingerprint density at radius 2 is 0.535 bits per heavy atom. The lowest BCUT2D eigenvalue weighted by Crippen LogP contribution is -2.30. The molecule has 0 amide bonds. The number of allylic oxidation sites excluding steroid dienone is 10.